The molecule has 1 unspecified atom stereocenters. The zero-order valence-corrected chi connectivity index (χ0v) is 11.7. The van der Waals surface area contributed by atoms with Gasteiger partial charge >= 0.3 is 0 Å². The van der Waals surface area contributed by atoms with Crippen molar-refractivity contribution in [1.29, 1.82) is 0 Å². The molecule has 0 saturated heterocycles. The minimum atomic E-state index is 0.117. The molecule has 0 bridgehead atoms. The molecular formula is C16H21NO. The largest absolute Gasteiger partial charge is 0.497 e. The normalized spacial score (nSPS) is 28.3. The maximum Gasteiger partial charge on any atom is 0.119 e. The van der Waals surface area contributed by atoms with Crippen LogP contribution in [0.15, 0.2) is 23.2 Å². The molecule has 1 fully saturated rings. The van der Waals surface area contributed by atoms with Gasteiger partial charge in [0.25, 0.3) is 0 Å². The van der Waals surface area contributed by atoms with Crippen LogP contribution in [0.5, 0.6) is 5.75 Å². The maximum absolute atomic E-state index is 5.37. The van der Waals surface area contributed by atoms with Crippen LogP contribution < -0.4 is 4.74 Å². The summed E-state index contributed by atoms with van der Waals surface area (Å²) in [6.07, 6.45) is 3.72. The van der Waals surface area contributed by atoms with E-state index in [0.717, 1.165) is 11.4 Å². The number of benzene rings is 1. The topological polar surface area (TPSA) is 21.6 Å². The number of methoxy groups -OCH3 is 1. The molecule has 0 N–H and O–H groups in total. The molecule has 2 heteroatoms. The zero-order chi connectivity index (χ0) is 13.0. The Morgan fingerprint density at radius 1 is 1.17 bits per heavy atom. The molecule has 1 aliphatic heterocycles. The summed E-state index contributed by atoms with van der Waals surface area (Å²) in [6, 6.07) is 6.28. The first-order valence-corrected chi connectivity index (χ1v) is 6.75. The van der Waals surface area contributed by atoms with Crippen molar-refractivity contribution in [3.05, 3.63) is 23.8 Å². The highest BCUT2D eigenvalue weighted by atomic mass is 16.5. The first kappa shape index (κ1) is 11.8. The summed E-state index contributed by atoms with van der Waals surface area (Å²) in [7, 11) is 1.73. The van der Waals surface area contributed by atoms with E-state index in [-0.39, 0.29) is 10.8 Å². The van der Waals surface area contributed by atoms with Crippen LogP contribution in [0.25, 0.3) is 0 Å². The average molecular weight is 243 g/mol. The van der Waals surface area contributed by atoms with Gasteiger partial charge in [-0.2, -0.15) is 0 Å². The summed E-state index contributed by atoms with van der Waals surface area (Å²) in [5.41, 5.74) is 4.20. The smallest absolute Gasteiger partial charge is 0.119 e. The van der Waals surface area contributed by atoms with E-state index in [9.17, 15) is 0 Å². The Labute approximate surface area is 109 Å². The van der Waals surface area contributed by atoms with E-state index in [1.807, 2.05) is 6.07 Å². The molecule has 1 aromatic carbocycles. The van der Waals surface area contributed by atoms with E-state index in [1.165, 1.54) is 30.5 Å². The number of rotatable bonds is 1. The molecule has 3 rings (SSSR count). The summed E-state index contributed by atoms with van der Waals surface area (Å²) in [6.45, 7) is 7.00. The van der Waals surface area contributed by atoms with Crippen molar-refractivity contribution in [3.63, 3.8) is 0 Å². The van der Waals surface area contributed by atoms with Crippen LogP contribution in [0.1, 0.15) is 45.6 Å². The third-order valence-electron chi connectivity index (χ3n) is 4.67. The van der Waals surface area contributed by atoms with Crippen LogP contribution in [-0.2, 0) is 5.41 Å². The van der Waals surface area contributed by atoms with Crippen LogP contribution in [-0.4, -0.2) is 12.8 Å². The molecular weight excluding hydrogens is 222 g/mol. The third kappa shape index (κ3) is 1.44. The molecule has 0 spiro atoms. The summed E-state index contributed by atoms with van der Waals surface area (Å²) < 4.78 is 5.37. The summed E-state index contributed by atoms with van der Waals surface area (Å²) in [5.74, 6) is 0.940. The predicted molar refractivity (Wildman–Crippen MR) is 75.1 cm³/mol. The molecule has 1 atom stereocenters. The van der Waals surface area contributed by atoms with E-state index < -0.39 is 0 Å². The minimum Gasteiger partial charge on any atom is -0.497 e. The molecule has 0 amide bonds. The average Bonchev–Trinajstić information content (AvgIpc) is 2.63. The van der Waals surface area contributed by atoms with Gasteiger partial charge in [-0.25, -0.2) is 0 Å². The highest BCUT2D eigenvalue weighted by Gasteiger charge is 2.48. The lowest BCUT2D eigenvalue weighted by molar-refractivity contribution is 0.348. The van der Waals surface area contributed by atoms with Gasteiger partial charge < -0.3 is 4.74 Å². The number of aliphatic imine (C=N–C) groups is 1. The first-order chi connectivity index (χ1) is 8.47. The van der Waals surface area contributed by atoms with Crippen molar-refractivity contribution in [2.75, 3.05) is 7.11 Å². The Morgan fingerprint density at radius 2 is 1.94 bits per heavy atom. The van der Waals surface area contributed by atoms with Gasteiger partial charge in [0.1, 0.15) is 5.75 Å². The number of nitrogens with zero attached hydrogens (tertiary/aromatic N) is 1. The van der Waals surface area contributed by atoms with Crippen molar-refractivity contribution < 1.29 is 4.74 Å². The third-order valence-corrected chi connectivity index (χ3v) is 4.67. The second kappa shape index (κ2) is 3.59. The Balaban J connectivity index is 2.16. The SMILES string of the molecule is COc1ccc2c(c1)C1(C)CCCC(C)(C)C1=N2. The van der Waals surface area contributed by atoms with Crippen molar-refractivity contribution in [3.8, 4) is 5.75 Å². The van der Waals surface area contributed by atoms with Gasteiger partial charge in [-0.15, -0.1) is 0 Å². The molecule has 1 heterocycles. The maximum atomic E-state index is 5.37. The fourth-order valence-electron chi connectivity index (χ4n) is 3.71. The van der Waals surface area contributed by atoms with E-state index in [2.05, 4.69) is 32.9 Å². The lowest BCUT2D eigenvalue weighted by atomic mass is 9.61. The molecule has 0 radical (unpaired) electrons. The van der Waals surface area contributed by atoms with Gasteiger partial charge in [0.05, 0.1) is 12.8 Å². The van der Waals surface area contributed by atoms with Gasteiger partial charge in [0.15, 0.2) is 0 Å². The van der Waals surface area contributed by atoms with E-state index in [4.69, 9.17) is 9.73 Å². The number of hydrogen-bond donors (Lipinski definition) is 0. The number of fused-ring (bicyclic) bond motifs is 3. The van der Waals surface area contributed by atoms with Gasteiger partial charge in [0, 0.05) is 16.5 Å². The van der Waals surface area contributed by atoms with E-state index in [1.54, 1.807) is 7.11 Å². The lowest BCUT2D eigenvalue weighted by Crippen LogP contribution is -2.43. The van der Waals surface area contributed by atoms with E-state index in [0.29, 0.717) is 0 Å². The fourth-order valence-corrected chi connectivity index (χ4v) is 3.71. The molecule has 1 saturated carbocycles. The van der Waals surface area contributed by atoms with Crippen molar-refractivity contribution in [2.45, 2.75) is 45.4 Å². The number of hydrogen-bond acceptors (Lipinski definition) is 2. The Morgan fingerprint density at radius 3 is 2.67 bits per heavy atom. The van der Waals surface area contributed by atoms with Crippen LogP contribution in [0, 0.1) is 5.41 Å². The molecule has 18 heavy (non-hydrogen) atoms. The predicted octanol–water partition coefficient (Wildman–Crippen LogP) is 4.25. The highest BCUT2D eigenvalue weighted by Crippen LogP contribution is 2.53. The lowest BCUT2D eigenvalue weighted by Gasteiger charge is -2.42. The minimum absolute atomic E-state index is 0.117. The summed E-state index contributed by atoms with van der Waals surface area (Å²) >= 11 is 0. The molecule has 0 aromatic heterocycles. The number of ether oxygens (including phenoxy) is 1. The molecule has 2 nitrogen and oxygen atoms in total. The van der Waals surface area contributed by atoms with Crippen molar-refractivity contribution in [2.24, 2.45) is 10.4 Å². The fraction of sp³-hybridized carbons (Fsp3) is 0.562. The molecule has 2 aliphatic rings. The second-order valence-corrected chi connectivity index (χ2v) is 6.41. The van der Waals surface area contributed by atoms with Crippen LogP contribution >= 0.6 is 0 Å². The van der Waals surface area contributed by atoms with Gasteiger partial charge in [0.2, 0.25) is 0 Å². The van der Waals surface area contributed by atoms with Gasteiger partial charge in [-0.05, 0) is 36.6 Å². The highest BCUT2D eigenvalue weighted by molar-refractivity contribution is 6.05. The first-order valence-electron chi connectivity index (χ1n) is 6.75. The summed E-state index contributed by atoms with van der Waals surface area (Å²) in [5, 5.41) is 0. The second-order valence-electron chi connectivity index (χ2n) is 6.41. The Bertz CT molecular complexity index is 530. The van der Waals surface area contributed by atoms with Gasteiger partial charge in [-0.3, -0.25) is 4.99 Å². The van der Waals surface area contributed by atoms with E-state index >= 15 is 0 Å². The quantitative estimate of drug-likeness (QED) is 0.722. The van der Waals surface area contributed by atoms with Crippen LogP contribution in [0.3, 0.4) is 0 Å². The molecule has 96 valence electrons. The molecule has 1 aromatic rings. The Hall–Kier alpha value is -1.31. The monoisotopic (exact) mass is 243 g/mol. The van der Waals surface area contributed by atoms with Crippen LogP contribution in [0.4, 0.5) is 5.69 Å². The standard InChI is InChI=1S/C16H21NO/c1-15(2)8-5-9-16(3)12-10-11(18-4)6-7-13(12)17-14(15)16/h6-7,10H,5,8-9H2,1-4H3. The zero-order valence-electron chi connectivity index (χ0n) is 11.7. The molecule has 1 aliphatic carbocycles. The van der Waals surface area contributed by atoms with Crippen molar-refractivity contribution >= 4 is 11.4 Å². The van der Waals surface area contributed by atoms with Crippen LogP contribution in [0.2, 0.25) is 0 Å². The summed E-state index contributed by atoms with van der Waals surface area (Å²) in [4.78, 5) is 4.93. The van der Waals surface area contributed by atoms with Crippen molar-refractivity contribution in [1.82, 2.24) is 0 Å². The Kier molecular flexibility index (Phi) is 2.35. The van der Waals surface area contributed by atoms with Gasteiger partial charge in [-0.1, -0.05) is 27.2 Å².